The lowest BCUT2D eigenvalue weighted by Gasteiger charge is -2.36. The molecule has 0 spiro atoms. The fraction of sp³-hybridized carbons (Fsp3) is 0.360. The zero-order valence-corrected chi connectivity index (χ0v) is 21.0. The first kappa shape index (κ1) is 25.7. The summed E-state index contributed by atoms with van der Waals surface area (Å²) in [5.41, 5.74) is 1.91. The Morgan fingerprint density at radius 3 is 2.15 bits per heavy atom. The molecule has 0 atom stereocenters. The highest BCUT2D eigenvalue weighted by Gasteiger charge is 2.37. The molecule has 1 aromatic carbocycles. The summed E-state index contributed by atoms with van der Waals surface area (Å²) < 4.78 is 53.2. The van der Waals surface area contributed by atoms with Crippen molar-refractivity contribution >= 4 is 8.32 Å². The Morgan fingerprint density at radius 1 is 1.00 bits per heavy atom. The molecule has 2 aromatic heterocycles. The fourth-order valence-corrected chi connectivity index (χ4v) is 4.00. The minimum atomic E-state index is -4.75. The van der Waals surface area contributed by atoms with Crippen molar-refractivity contribution in [2.45, 2.75) is 58.8 Å². The van der Waals surface area contributed by atoms with Gasteiger partial charge in [0.2, 0.25) is 0 Å². The molecule has 2 heterocycles. The van der Waals surface area contributed by atoms with E-state index in [4.69, 9.17) is 8.84 Å². The molecule has 0 aliphatic heterocycles. The van der Waals surface area contributed by atoms with Crippen LogP contribution in [-0.4, -0.2) is 19.7 Å². The lowest BCUT2D eigenvalue weighted by atomic mass is 10.0. The number of alkyl halides is 3. The number of halogens is 3. The number of hydrogen-bond acceptors (Lipinski definition) is 5. The van der Waals surface area contributed by atoms with Crippen molar-refractivity contribution in [3.8, 4) is 28.1 Å². The summed E-state index contributed by atoms with van der Waals surface area (Å²) in [4.78, 5) is 17.3. The van der Waals surface area contributed by atoms with E-state index in [1.165, 1.54) is 30.3 Å². The van der Waals surface area contributed by atoms with Gasteiger partial charge in [-0.3, -0.25) is 9.78 Å². The molecule has 0 saturated carbocycles. The highest BCUT2D eigenvalue weighted by atomic mass is 28.4. The maximum Gasteiger partial charge on any atom is 0.573 e. The first-order chi connectivity index (χ1) is 15.7. The maximum absolute atomic E-state index is 12.9. The Balaban J connectivity index is 1.89. The van der Waals surface area contributed by atoms with Gasteiger partial charge in [0.25, 0.3) is 0 Å². The Morgan fingerprint density at radius 2 is 1.62 bits per heavy atom. The number of pyridine rings is 1. The molecule has 0 aliphatic carbocycles. The smallest absolute Gasteiger partial charge is 0.463 e. The van der Waals surface area contributed by atoms with Gasteiger partial charge in [-0.05, 0) is 55.4 Å². The Labute approximate surface area is 197 Å². The van der Waals surface area contributed by atoms with Crippen LogP contribution in [0.3, 0.4) is 0 Å². The van der Waals surface area contributed by atoms with Crippen molar-refractivity contribution < 1.29 is 26.8 Å². The van der Waals surface area contributed by atoms with Crippen LogP contribution in [0.15, 0.2) is 57.9 Å². The van der Waals surface area contributed by atoms with Crippen LogP contribution in [0.1, 0.15) is 32.3 Å². The molecule has 0 N–H and O–H groups in total. The van der Waals surface area contributed by atoms with Gasteiger partial charge in [-0.2, -0.15) is 0 Å². The molecule has 0 amide bonds. The highest BCUT2D eigenvalue weighted by molar-refractivity contribution is 6.74. The molecular formula is C25H28F3NO4Si. The van der Waals surface area contributed by atoms with Crippen LogP contribution in [0.25, 0.3) is 22.4 Å². The van der Waals surface area contributed by atoms with E-state index in [9.17, 15) is 18.0 Å². The van der Waals surface area contributed by atoms with Gasteiger partial charge < -0.3 is 13.6 Å². The van der Waals surface area contributed by atoms with Gasteiger partial charge in [-0.25, -0.2) is 0 Å². The molecule has 3 rings (SSSR count). The monoisotopic (exact) mass is 491 g/mol. The lowest BCUT2D eigenvalue weighted by Crippen LogP contribution is -2.40. The Hall–Kier alpha value is -2.91. The number of aryl methyl sites for hydroxylation is 1. The van der Waals surface area contributed by atoms with Gasteiger partial charge in [0, 0.05) is 23.4 Å². The first-order valence-electron chi connectivity index (χ1n) is 10.8. The second-order valence-electron chi connectivity index (χ2n) is 9.57. The minimum Gasteiger partial charge on any atom is -0.463 e. The van der Waals surface area contributed by atoms with E-state index in [0.717, 1.165) is 0 Å². The second-order valence-corrected chi connectivity index (χ2v) is 14.4. The van der Waals surface area contributed by atoms with E-state index in [2.05, 4.69) is 43.6 Å². The van der Waals surface area contributed by atoms with Crippen molar-refractivity contribution in [2.24, 2.45) is 0 Å². The van der Waals surface area contributed by atoms with Gasteiger partial charge in [-0.15, -0.1) is 13.2 Å². The minimum absolute atomic E-state index is 0.00117. The van der Waals surface area contributed by atoms with Crippen molar-refractivity contribution in [1.29, 1.82) is 0 Å². The molecule has 0 aliphatic rings. The Kier molecular flexibility index (Phi) is 7.09. The van der Waals surface area contributed by atoms with Gasteiger partial charge in [0.15, 0.2) is 13.7 Å². The zero-order valence-electron chi connectivity index (χ0n) is 20.0. The zero-order chi connectivity index (χ0) is 25.3. The van der Waals surface area contributed by atoms with Crippen molar-refractivity contribution in [1.82, 2.24) is 4.98 Å². The Bertz CT molecular complexity index is 1200. The molecule has 0 unspecified atom stereocenters. The van der Waals surface area contributed by atoms with Crippen LogP contribution in [0.5, 0.6) is 5.75 Å². The SMILES string of the molecule is Cc1cc(=O)c(-c2ccc(-c3ccc(OC(F)(F)F)cc3)nc2)c(CO[Si](C)(C)C(C)(C)C)o1. The van der Waals surface area contributed by atoms with Crippen LogP contribution in [-0.2, 0) is 11.0 Å². The maximum atomic E-state index is 12.9. The van der Waals surface area contributed by atoms with Crippen LogP contribution < -0.4 is 10.2 Å². The number of hydrogen-bond donors (Lipinski definition) is 0. The highest BCUT2D eigenvalue weighted by Crippen LogP contribution is 2.37. The molecule has 0 radical (unpaired) electrons. The number of ether oxygens (including phenoxy) is 1. The van der Waals surface area contributed by atoms with E-state index in [0.29, 0.717) is 33.9 Å². The van der Waals surface area contributed by atoms with Crippen molar-refractivity contribution in [3.63, 3.8) is 0 Å². The average molecular weight is 492 g/mol. The fourth-order valence-electron chi connectivity index (χ4n) is 3.08. The van der Waals surface area contributed by atoms with Crippen LogP contribution >= 0.6 is 0 Å². The summed E-state index contributed by atoms with van der Waals surface area (Å²) in [5, 5.41) is 0.00117. The molecule has 3 aromatic rings. The quantitative estimate of drug-likeness (QED) is 0.344. The summed E-state index contributed by atoms with van der Waals surface area (Å²) in [7, 11) is -2.08. The molecule has 5 nitrogen and oxygen atoms in total. The van der Waals surface area contributed by atoms with E-state index in [-0.39, 0.29) is 22.8 Å². The summed E-state index contributed by atoms with van der Waals surface area (Å²) in [6, 6.07) is 10.3. The molecule has 9 heteroatoms. The molecule has 0 bridgehead atoms. The third-order valence-corrected chi connectivity index (χ3v) is 10.4. The summed E-state index contributed by atoms with van der Waals surface area (Å²) in [5.74, 6) is 0.628. The summed E-state index contributed by atoms with van der Waals surface area (Å²) in [6.07, 6.45) is -3.20. The summed E-state index contributed by atoms with van der Waals surface area (Å²) >= 11 is 0. The van der Waals surface area contributed by atoms with Gasteiger partial charge in [0.05, 0.1) is 17.9 Å². The largest absolute Gasteiger partial charge is 0.573 e. The predicted molar refractivity (Wildman–Crippen MR) is 127 cm³/mol. The second kappa shape index (κ2) is 9.38. The number of nitrogens with zero attached hydrogens (tertiary/aromatic N) is 1. The lowest BCUT2D eigenvalue weighted by molar-refractivity contribution is -0.274. The normalized spacial score (nSPS) is 12.6. The number of benzene rings is 1. The van der Waals surface area contributed by atoms with Crippen LogP contribution in [0, 0.1) is 6.92 Å². The van der Waals surface area contributed by atoms with E-state index in [1.54, 1.807) is 25.3 Å². The third kappa shape index (κ3) is 6.15. The van der Waals surface area contributed by atoms with Gasteiger partial charge in [0.1, 0.15) is 17.3 Å². The first-order valence-corrected chi connectivity index (χ1v) is 13.7. The average Bonchev–Trinajstić information content (AvgIpc) is 2.71. The van der Waals surface area contributed by atoms with Gasteiger partial charge >= 0.3 is 6.36 Å². The molecule has 0 saturated heterocycles. The topological polar surface area (TPSA) is 61.6 Å². The van der Waals surface area contributed by atoms with Crippen LogP contribution in [0.4, 0.5) is 13.2 Å². The molecule has 0 fully saturated rings. The number of aromatic nitrogens is 1. The van der Waals surface area contributed by atoms with Crippen molar-refractivity contribution in [2.75, 3.05) is 0 Å². The van der Waals surface area contributed by atoms with Crippen molar-refractivity contribution in [3.05, 3.63) is 70.4 Å². The molecule has 182 valence electrons. The summed E-state index contributed by atoms with van der Waals surface area (Å²) in [6.45, 7) is 12.6. The van der Waals surface area contributed by atoms with Crippen LogP contribution in [0.2, 0.25) is 18.1 Å². The number of rotatable bonds is 6. The van der Waals surface area contributed by atoms with E-state index < -0.39 is 14.7 Å². The molecular weight excluding hydrogens is 463 g/mol. The van der Waals surface area contributed by atoms with E-state index >= 15 is 0 Å². The van der Waals surface area contributed by atoms with Gasteiger partial charge in [-0.1, -0.05) is 26.8 Å². The molecule has 34 heavy (non-hydrogen) atoms. The predicted octanol–water partition coefficient (Wildman–Crippen LogP) is 7.10. The van der Waals surface area contributed by atoms with E-state index in [1.807, 2.05) is 0 Å². The third-order valence-electron chi connectivity index (χ3n) is 5.95. The standard InChI is InChI=1S/C25H28F3NO4Si/c1-16-13-21(30)23(22(32-16)15-31-34(5,6)24(2,3)4)18-9-12-20(29-14-18)17-7-10-19(11-8-17)33-25(26,27)28/h7-14H,15H2,1-6H3.